The van der Waals surface area contributed by atoms with Gasteiger partial charge in [-0.3, -0.25) is 4.79 Å². The molecule has 0 unspecified atom stereocenters. The Bertz CT molecular complexity index is 1050. The van der Waals surface area contributed by atoms with Crippen LogP contribution in [0, 0.1) is 0 Å². The Hall–Kier alpha value is -2.75. The lowest BCUT2D eigenvalue weighted by Crippen LogP contribution is -2.60. The molecule has 2 aromatic carbocycles. The van der Waals surface area contributed by atoms with Crippen molar-refractivity contribution in [1.29, 1.82) is 0 Å². The van der Waals surface area contributed by atoms with E-state index in [-0.39, 0.29) is 16.8 Å². The summed E-state index contributed by atoms with van der Waals surface area (Å²) in [5.41, 5.74) is 0.801. The lowest BCUT2D eigenvalue weighted by molar-refractivity contribution is -0.277. The van der Waals surface area contributed by atoms with Gasteiger partial charge in [0.05, 0.1) is 12.0 Å². The van der Waals surface area contributed by atoms with Crippen molar-refractivity contribution in [3.63, 3.8) is 0 Å². The Morgan fingerprint density at radius 1 is 0.931 bits per heavy atom. The van der Waals surface area contributed by atoms with Crippen LogP contribution in [0.1, 0.15) is 0 Å². The van der Waals surface area contributed by atoms with Crippen molar-refractivity contribution in [3.05, 3.63) is 64.8 Å². The highest BCUT2D eigenvalue weighted by atomic mass is 16.7. The van der Waals surface area contributed by atoms with E-state index in [4.69, 9.17) is 13.9 Å². The molecule has 0 amide bonds. The minimum Gasteiger partial charge on any atom is -0.462 e. The number of benzene rings is 2. The minimum atomic E-state index is -1.55. The highest BCUT2D eigenvalue weighted by Gasteiger charge is 2.44. The Labute approximate surface area is 165 Å². The number of hydrogen-bond donors (Lipinski definition) is 4. The second-order valence-corrected chi connectivity index (χ2v) is 6.81. The standard InChI is InChI=1S/C21H20O8/c22-10-17-18(24)19(25)20(26)21(29-17)27-12-6-7-13-14(23)9-15(28-16(13)8-12)11-4-2-1-3-5-11/h1-9,17-22,24-26H,10H2/t17-,18-,19+,20-,21+/m0/s1. The molecule has 1 fully saturated rings. The minimum absolute atomic E-state index is 0.218. The third-order valence-electron chi connectivity index (χ3n) is 4.86. The number of aliphatic hydroxyl groups is 4. The van der Waals surface area contributed by atoms with Gasteiger partial charge < -0.3 is 34.3 Å². The molecular formula is C21H20O8. The van der Waals surface area contributed by atoms with Gasteiger partial charge in [-0.05, 0) is 12.1 Å². The number of fused-ring (bicyclic) bond motifs is 1. The van der Waals surface area contributed by atoms with Gasteiger partial charge in [-0.2, -0.15) is 0 Å². The van der Waals surface area contributed by atoms with Gasteiger partial charge in [-0.25, -0.2) is 0 Å². The van der Waals surface area contributed by atoms with E-state index < -0.39 is 37.3 Å². The van der Waals surface area contributed by atoms with Crippen molar-refractivity contribution < 1.29 is 34.3 Å². The van der Waals surface area contributed by atoms with E-state index in [0.29, 0.717) is 11.1 Å². The quantitative estimate of drug-likeness (QED) is 0.502. The normalized spacial score (nSPS) is 27.1. The van der Waals surface area contributed by atoms with Crippen molar-refractivity contribution in [2.75, 3.05) is 6.61 Å². The molecule has 1 aliphatic rings. The molecule has 4 N–H and O–H groups in total. The molecule has 0 radical (unpaired) electrons. The van der Waals surface area contributed by atoms with Gasteiger partial charge in [0.1, 0.15) is 41.5 Å². The Balaban J connectivity index is 1.66. The summed E-state index contributed by atoms with van der Waals surface area (Å²) in [6.07, 6.45) is -6.97. The van der Waals surface area contributed by atoms with Crippen LogP contribution in [0.4, 0.5) is 0 Å². The summed E-state index contributed by atoms with van der Waals surface area (Å²) in [6, 6.07) is 15.1. The molecule has 8 heteroatoms. The van der Waals surface area contributed by atoms with Crippen LogP contribution in [0.25, 0.3) is 22.3 Å². The molecule has 8 nitrogen and oxygen atoms in total. The van der Waals surface area contributed by atoms with Crippen LogP contribution in [0.5, 0.6) is 5.75 Å². The van der Waals surface area contributed by atoms with Crippen molar-refractivity contribution >= 4 is 11.0 Å². The first-order valence-electron chi connectivity index (χ1n) is 9.08. The van der Waals surface area contributed by atoms with E-state index in [9.17, 15) is 25.2 Å². The fourth-order valence-electron chi connectivity index (χ4n) is 3.25. The first-order valence-corrected chi connectivity index (χ1v) is 9.08. The monoisotopic (exact) mass is 400 g/mol. The first-order chi connectivity index (χ1) is 14.0. The maximum Gasteiger partial charge on any atom is 0.229 e. The summed E-state index contributed by atoms with van der Waals surface area (Å²) in [6.45, 7) is -0.558. The predicted molar refractivity (Wildman–Crippen MR) is 102 cm³/mol. The van der Waals surface area contributed by atoms with E-state index in [1.54, 1.807) is 0 Å². The number of aliphatic hydroxyl groups excluding tert-OH is 4. The number of hydrogen-bond acceptors (Lipinski definition) is 8. The molecule has 0 saturated carbocycles. The third-order valence-corrected chi connectivity index (χ3v) is 4.86. The van der Waals surface area contributed by atoms with Crippen molar-refractivity contribution in [2.24, 2.45) is 0 Å². The summed E-state index contributed by atoms with van der Waals surface area (Å²) in [5, 5.41) is 39.5. The van der Waals surface area contributed by atoms with Crippen LogP contribution in [0.2, 0.25) is 0 Å². The summed E-state index contributed by atoms with van der Waals surface area (Å²) in [5.74, 6) is 0.614. The van der Waals surface area contributed by atoms with Crippen molar-refractivity contribution in [2.45, 2.75) is 30.7 Å². The molecular weight excluding hydrogens is 380 g/mol. The van der Waals surface area contributed by atoms with Crippen LogP contribution in [-0.2, 0) is 4.74 Å². The van der Waals surface area contributed by atoms with Gasteiger partial charge in [0.15, 0.2) is 5.43 Å². The fourth-order valence-corrected chi connectivity index (χ4v) is 3.25. The van der Waals surface area contributed by atoms with Crippen LogP contribution < -0.4 is 10.2 Å². The zero-order chi connectivity index (χ0) is 20.5. The molecule has 3 aromatic rings. The van der Waals surface area contributed by atoms with Gasteiger partial charge in [-0.1, -0.05) is 30.3 Å². The first kappa shape index (κ1) is 19.6. The molecule has 5 atom stereocenters. The maximum atomic E-state index is 12.4. The zero-order valence-electron chi connectivity index (χ0n) is 15.2. The highest BCUT2D eigenvalue weighted by molar-refractivity contribution is 5.80. The molecule has 0 bridgehead atoms. The van der Waals surface area contributed by atoms with E-state index >= 15 is 0 Å². The molecule has 152 valence electrons. The van der Waals surface area contributed by atoms with Gasteiger partial charge in [0, 0.05) is 17.7 Å². The smallest absolute Gasteiger partial charge is 0.229 e. The van der Waals surface area contributed by atoms with Crippen LogP contribution in [0.15, 0.2) is 63.8 Å². The van der Waals surface area contributed by atoms with Crippen LogP contribution in [-0.4, -0.2) is 57.7 Å². The highest BCUT2D eigenvalue weighted by Crippen LogP contribution is 2.28. The second-order valence-electron chi connectivity index (χ2n) is 6.81. The molecule has 0 aliphatic carbocycles. The van der Waals surface area contributed by atoms with Gasteiger partial charge in [-0.15, -0.1) is 0 Å². The molecule has 2 heterocycles. The number of rotatable bonds is 4. The summed E-state index contributed by atoms with van der Waals surface area (Å²) >= 11 is 0. The molecule has 1 aliphatic heterocycles. The lowest BCUT2D eigenvalue weighted by atomic mass is 9.99. The Kier molecular flexibility index (Phi) is 5.35. The Morgan fingerprint density at radius 3 is 2.41 bits per heavy atom. The average molecular weight is 400 g/mol. The van der Waals surface area contributed by atoms with Gasteiger partial charge in [0.2, 0.25) is 6.29 Å². The fraction of sp³-hybridized carbons (Fsp3) is 0.286. The maximum absolute atomic E-state index is 12.4. The molecule has 1 saturated heterocycles. The third kappa shape index (κ3) is 3.76. The van der Waals surface area contributed by atoms with Crippen molar-refractivity contribution in [3.8, 4) is 17.1 Å². The summed E-state index contributed by atoms with van der Waals surface area (Å²) in [4.78, 5) is 12.4. The summed E-state index contributed by atoms with van der Waals surface area (Å²) in [7, 11) is 0. The molecule has 0 spiro atoms. The van der Waals surface area contributed by atoms with Gasteiger partial charge in [0.25, 0.3) is 0 Å². The molecule has 29 heavy (non-hydrogen) atoms. The lowest BCUT2D eigenvalue weighted by Gasteiger charge is -2.39. The van der Waals surface area contributed by atoms with Crippen LogP contribution in [0.3, 0.4) is 0 Å². The van der Waals surface area contributed by atoms with E-state index in [0.717, 1.165) is 5.56 Å². The zero-order valence-corrected chi connectivity index (χ0v) is 15.2. The van der Waals surface area contributed by atoms with E-state index in [1.807, 2.05) is 30.3 Å². The SMILES string of the molecule is O=c1cc(-c2ccccc2)oc2cc(O[C@@H]3O[C@@H](CO)[C@H](O)[C@@H](O)[C@@H]3O)ccc12. The topological polar surface area (TPSA) is 130 Å². The van der Waals surface area contributed by atoms with E-state index in [2.05, 4.69) is 0 Å². The van der Waals surface area contributed by atoms with Crippen LogP contribution >= 0.6 is 0 Å². The Morgan fingerprint density at radius 2 is 1.69 bits per heavy atom. The second kappa shape index (κ2) is 7.94. The molecule has 1 aromatic heterocycles. The summed E-state index contributed by atoms with van der Waals surface area (Å²) < 4.78 is 16.8. The number of ether oxygens (including phenoxy) is 2. The average Bonchev–Trinajstić information content (AvgIpc) is 2.74. The molecule has 4 rings (SSSR count). The predicted octanol–water partition coefficient (Wildman–Crippen LogP) is 0.639. The van der Waals surface area contributed by atoms with E-state index in [1.165, 1.54) is 24.3 Å². The largest absolute Gasteiger partial charge is 0.462 e. The van der Waals surface area contributed by atoms with Gasteiger partial charge >= 0.3 is 0 Å². The van der Waals surface area contributed by atoms with Crippen molar-refractivity contribution in [1.82, 2.24) is 0 Å².